The van der Waals surface area contributed by atoms with E-state index < -0.39 is 10.0 Å². The summed E-state index contributed by atoms with van der Waals surface area (Å²) in [6.45, 7) is 0.592. The normalized spacial score (nSPS) is 11.6. The molecule has 0 saturated carbocycles. The molecule has 20 heavy (non-hydrogen) atoms. The van der Waals surface area contributed by atoms with E-state index in [-0.39, 0.29) is 4.90 Å². The third-order valence-corrected chi connectivity index (χ3v) is 4.39. The lowest BCUT2D eigenvalue weighted by Gasteiger charge is -2.17. The SMILES string of the molecule is CNS(=O)(=O)c1ccc(N(C)Cc2nccn2C)nc1. The van der Waals surface area contributed by atoms with Crippen LogP contribution in [0.3, 0.4) is 0 Å². The number of nitrogens with one attached hydrogen (secondary N) is 1. The van der Waals surface area contributed by atoms with E-state index in [0.717, 1.165) is 5.82 Å². The number of aromatic nitrogens is 3. The zero-order chi connectivity index (χ0) is 14.8. The molecule has 2 aromatic rings. The lowest BCUT2D eigenvalue weighted by Crippen LogP contribution is -2.21. The van der Waals surface area contributed by atoms with Crippen molar-refractivity contribution >= 4 is 15.8 Å². The minimum absolute atomic E-state index is 0.147. The Bertz CT molecular complexity index is 678. The highest BCUT2D eigenvalue weighted by Crippen LogP contribution is 2.14. The predicted octanol–water partition coefficient (Wildman–Crippen LogP) is 0.360. The van der Waals surface area contributed by atoms with Crippen LogP contribution in [0.4, 0.5) is 5.82 Å². The maximum atomic E-state index is 11.6. The molecule has 2 heterocycles. The summed E-state index contributed by atoms with van der Waals surface area (Å²) in [5.74, 6) is 1.59. The second kappa shape index (κ2) is 5.59. The number of rotatable bonds is 5. The molecule has 0 unspecified atom stereocenters. The second-order valence-corrected chi connectivity index (χ2v) is 6.26. The van der Waals surface area contributed by atoms with Gasteiger partial charge in [-0.25, -0.2) is 23.1 Å². The van der Waals surface area contributed by atoms with E-state index in [2.05, 4.69) is 14.7 Å². The van der Waals surface area contributed by atoms with Gasteiger partial charge in [-0.3, -0.25) is 0 Å². The quantitative estimate of drug-likeness (QED) is 0.861. The van der Waals surface area contributed by atoms with Gasteiger partial charge in [0.2, 0.25) is 10.0 Å². The largest absolute Gasteiger partial charge is 0.352 e. The molecule has 0 bridgehead atoms. The molecule has 0 aliphatic carbocycles. The monoisotopic (exact) mass is 295 g/mol. The van der Waals surface area contributed by atoms with Crippen molar-refractivity contribution in [3.05, 3.63) is 36.5 Å². The van der Waals surface area contributed by atoms with Crippen molar-refractivity contribution in [3.8, 4) is 0 Å². The molecule has 0 spiro atoms. The van der Waals surface area contributed by atoms with Gasteiger partial charge in [0, 0.05) is 32.7 Å². The number of pyridine rings is 1. The zero-order valence-electron chi connectivity index (χ0n) is 11.6. The summed E-state index contributed by atoms with van der Waals surface area (Å²) in [5.41, 5.74) is 0. The van der Waals surface area contributed by atoms with E-state index in [9.17, 15) is 8.42 Å². The number of hydrogen-bond donors (Lipinski definition) is 1. The first kappa shape index (κ1) is 14.5. The van der Waals surface area contributed by atoms with Crippen LogP contribution in [0.25, 0.3) is 0 Å². The van der Waals surface area contributed by atoms with Crippen LogP contribution >= 0.6 is 0 Å². The van der Waals surface area contributed by atoms with Crippen LogP contribution in [0.1, 0.15) is 5.82 Å². The van der Waals surface area contributed by atoms with E-state index in [1.54, 1.807) is 12.3 Å². The fraction of sp³-hybridized carbons (Fsp3) is 0.333. The highest BCUT2D eigenvalue weighted by atomic mass is 32.2. The van der Waals surface area contributed by atoms with E-state index in [4.69, 9.17) is 0 Å². The average Bonchev–Trinajstić information content (AvgIpc) is 2.84. The van der Waals surface area contributed by atoms with Crippen LogP contribution < -0.4 is 9.62 Å². The summed E-state index contributed by atoms with van der Waals surface area (Å²) in [4.78, 5) is 10.5. The molecule has 8 heteroatoms. The van der Waals surface area contributed by atoms with Gasteiger partial charge >= 0.3 is 0 Å². The Morgan fingerprint density at radius 2 is 2.10 bits per heavy atom. The summed E-state index contributed by atoms with van der Waals surface area (Å²) in [6, 6.07) is 3.20. The molecule has 7 nitrogen and oxygen atoms in total. The first-order valence-corrected chi connectivity index (χ1v) is 7.49. The van der Waals surface area contributed by atoms with Crippen LogP contribution in [-0.4, -0.2) is 37.0 Å². The molecule has 2 aromatic heterocycles. The molecular weight excluding hydrogens is 278 g/mol. The Morgan fingerprint density at radius 3 is 2.60 bits per heavy atom. The molecular formula is C12H17N5O2S. The van der Waals surface area contributed by atoms with Gasteiger partial charge in [0.05, 0.1) is 6.54 Å². The zero-order valence-corrected chi connectivity index (χ0v) is 12.4. The van der Waals surface area contributed by atoms with Crippen LogP contribution in [0, 0.1) is 0 Å². The Morgan fingerprint density at radius 1 is 1.35 bits per heavy atom. The molecule has 1 N–H and O–H groups in total. The molecule has 0 fully saturated rings. The van der Waals surface area contributed by atoms with Gasteiger partial charge in [-0.05, 0) is 19.2 Å². The minimum atomic E-state index is -3.44. The maximum Gasteiger partial charge on any atom is 0.241 e. The summed E-state index contributed by atoms with van der Waals surface area (Å²) >= 11 is 0. The van der Waals surface area contributed by atoms with E-state index in [1.165, 1.54) is 19.3 Å². The number of imidazole rings is 1. The van der Waals surface area contributed by atoms with Crippen molar-refractivity contribution in [3.63, 3.8) is 0 Å². The maximum absolute atomic E-state index is 11.6. The molecule has 0 atom stereocenters. The van der Waals surface area contributed by atoms with Crippen molar-refractivity contribution in [2.24, 2.45) is 7.05 Å². The highest BCUT2D eigenvalue weighted by Gasteiger charge is 2.13. The van der Waals surface area contributed by atoms with Crippen molar-refractivity contribution in [1.29, 1.82) is 0 Å². The molecule has 108 valence electrons. The van der Waals surface area contributed by atoms with Crippen molar-refractivity contribution < 1.29 is 8.42 Å². The third kappa shape index (κ3) is 2.97. The number of sulfonamides is 1. The first-order valence-electron chi connectivity index (χ1n) is 6.01. The second-order valence-electron chi connectivity index (χ2n) is 4.37. The summed E-state index contributed by atoms with van der Waals surface area (Å²) in [6.07, 6.45) is 4.95. The fourth-order valence-corrected chi connectivity index (χ4v) is 2.39. The number of hydrogen-bond acceptors (Lipinski definition) is 5. The van der Waals surface area contributed by atoms with Crippen molar-refractivity contribution in [2.75, 3.05) is 19.0 Å². The van der Waals surface area contributed by atoms with Gasteiger partial charge in [0.25, 0.3) is 0 Å². The van der Waals surface area contributed by atoms with Gasteiger partial charge in [0.15, 0.2) is 0 Å². The summed E-state index contributed by atoms with van der Waals surface area (Å²) in [5, 5.41) is 0. The van der Waals surface area contributed by atoms with Crippen LogP contribution in [-0.2, 0) is 23.6 Å². The van der Waals surface area contributed by atoms with E-state index >= 15 is 0 Å². The lowest BCUT2D eigenvalue weighted by atomic mass is 10.4. The first-order chi connectivity index (χ1) is 9.44. The molecule has 0 aliphatic heterocycles. The van der Waals surface area contributed by atoms with E-state index in [1.807, 2.05) is 29.8 Å². The summed E-state index contributed by atoms with van der Waals surface area (Å²) in [7, 11) is 1.73. The number of aryl methyl sites for hydroxylation is 1. The Hall–Kier alpha value is -1.93. The average molecular weight is 295 g/mol. The highest BCUT2D eigenvalue weighted by molar-refractivity contribution is 7.89. The molecule has 0 saturated heterocycles. The van der Waals surface area contributed by atoms with Gasteiger partial charge in [-0.15, -0.1) is 0 Å². The number of nitrogens with zero attached hydrogens (tertiary/aromatic N) is 4. The Labute approximate surface area is 118 Å². The molecule has 0 aromatic carbocycles. The smallest absolute Gasteiger partial charge is 0.241 e. The molecule has 0 aliphatic rings. The molecule has 0 radical (unpaired) electrons. The van der Waals surface area contributed by atoms with Crippen LogP contribution in [0.2, 0.25) is 0 Å². The van der Waals surface area contributed by atoms with Gasteiger partial charge in [0.1, 0.15) is 16.5 Å². The lowest BCUT2D eigenvalue weighted by molar-refractivity contribution is 0.588. The Balaban J connectivity index is 2.16. The topological polar surface area (TPSA) is 80.1 Å². The van der Waals surface area contributed by atoms with Crippen LogP contribution in [0.5, 0.6) is 0 Å². The molecule has 2 rings (SSSR count). The van der Waals surface area contributed by atoms with Crippen molar-refractivity contribution in [2.45, 2.75) is 11.4 Å². The van der Waals surface area contributed by atoms with E-state index in [0.29, 0.717) is 12.4 Å². The van der Waals surface area contributed by atoms with Gasteiger partial charge in [-0.1, -0.05) is 0 Å². The third-order valence-electron chi connectivity index (χ3n) is 2.99. The summed E-state index contributed by atoms with van der Waals surface area (Å²) < 4.78 is 27.4. The van der Waals surface area contributed by atoms with Crippen molar-refractivity contribution in [1.82, 2.24) is 19.3 Å². The van der Waals surface area contributed by atoms with Crippen LogP contribution in [0.15, 0.2) is 35.6 Å². The fourth-order valence-electron chi connectivity index (χ4n) is 1.72. The Kier molecular flexibility index (Phi) is 4.05. The minimum Gasteiger partial charge on any atom is -0.352 e. The predicted molar refractivity (Wildman–Crippen MR) is 75.8 cm³/mol. The standard InChI is InChI=1S/C12H17N5O2S/c1-13-20(18,19)10-4-5-11(15-8-10)17(3)9-12-14-6-7-16(12)2/h4-8,13H,9H2,1-3H3. The number of anilines is 1. The molecule has 0 amide bonds. The van der Waals surface area contributed by atoms with Gasteiger partial charge in [-0.2, -0.15) is 0 Å². The van der Waals surface area contributed by atoms with Gasteiger partial charge < -0.3 is 9.47 Å².